The second-order valence-electron chi connectivity index (χ2n) is 9.06. The van der Waals surface area contributed by atoms with Gasteiger partial charge in [-0.3, -0.25) is 4.79 Å². The van der Waals surface area contributed by atoms with Crippen molar-refractivity contribution < 1.29 is 18.8 Å². The van der Waals surface area contributed by atoms with Gasteiger partial charge in [0.25, 0.3) is 0 Å². The number of fused-ring (bicyclic) bond motifs is 2. The van der Waals surface area contributed by atoms with E-state index in [-0.39, 0.29) is 17.1 Å². The molecule has 168 valence electrons. The van der Waals surface area contributed by atoms with Crippen LogP contribution in [0.5, 0.6) is 0 Å². The van der Waals surface area contributed by atoms with Crippen molar-refractivity contribution in [3.05, 3.63) is 23.8 Å². The van der Waals surface area contributed by atoms with Gasteiger partial charge in [-0.05, 0) is 57.6 Å². The maximum absolute atomic E-state index is 12.6. The van der Waals surface area contributed by atoms with Crippen molar-refractivity contribution in [2.24, 2.45) is 0 Å². The average molecular weight is 482 g/mol. The lowest BCUT2D eigenvalue weighted by Gasteiger charge is -2.32. The third-order valence-corrected chi connectivity index (χ3v) is 6.11. The highest BCUT2D eigenvalue weighted by atomic mass is 79.9. The number of alkyl halides is 1. The Hall–Kier alpha value is -0.885. The summed E-state index contributed by atoms with van der Waals surface area (Å²) in [5.41, 5.74) is 1.73. The molecule has 2 fully saturated rings. The smallest absolute Gasteiger partial charge is 0.399 e. The molecule has 4 rings (SSSR count). The molecule has 0 atom stereocenters. The Bertz CT molecular complexity index is 726. The minimum absolute atomic E-state index is 0.0897. The minimum Gasteiger partial charge on any atom is -0.399 e. The zero-order valence-electron chi connectivity index (χ0n) is 19.7. The fourth-order valence-electron chi connectivity index (χ4n) is 3.79. The highest BCUT2D eigenvalue weighted by molar-refractivity contribution is 9.09. The van der Waals surface area contributed by atoms with Gasteiger partial charge in [-0.15, -0.1) is 0 Å². The number of anilines is 1. The molecule has 3 aliphatic heterocycles. The SMILES string of the molecule is CC.CC(C)Br.CC1(C)OB(c2ccc3c(c2)NC(=O)C32CCOCC2)OC1(C)C. The molecule has 1 N–H and O–H groups in total. The summed E-state index contributed by atoms with van der Waals surface area (Å²) >= 11 is 3.27. The molecule has 2 saturated heterocycles. The van der Waals surface area contributed by atoms with Crippen LogP contribution >= 0.6 is 15.9 Å². The molecule has 7 heteroatoms. The lowest BCUT2D eigenvalue weighted by molar-refractivity contribution is -0.124. The molecule has 1 amide bonds. The Kier molecular flexibility index (Phi) is 8.22. The Morgan fingerprint density at radius 2 is 1.53 bits per heavy atom. The molecule has 0 aliphatic carbocycles. The van der Waals surface area contributed by atoms with Gasteiger partial charge in [-0.2, -0.15) is 0 Å². The summed E-state index contributed by atoms with van der Waals surface area (Å²) in [6.45, 7) is 17.6. The summed E-state index contributed by atoms with van der Waals surface area (Å²) in [5, 5.41) is 3.06. The highest BCUT2D eigenvalue weighted by Gasteiger charge is 2.53. The molecule has 1 spiro atoms. The van der Waals surface area contributed by atoms with Crippen LogP contribution in [0.25, 0.3) is 0 Å². The molecular weight excluding hydrogens is 445 g/mol. The summed E-state index contributed by atoms with van der Waals surface area (Å²) in [6, 6.07) is 6.08. The van der Waals surface area contributed by atoms with Gasteiger partial charge < -0.3 is 19.4 Å². The van der Waals surface area contributed by atoms with Gasteiger partial charge in [0.05, 0.1) is 16.6 Å². The molecule has 1 aromatic carbocycles. The standard InChI is InChI=1S/C18H24BNO4.C3H7Br.C2H6/c1-16(2)17(3,4)24-19(23-16)12-5-6-13-14(11-12)20-15(21)18(13)7-9-22-10-8-18;1-3(2)4;1-2/h5-6,11H,7-10H2,1-4H3,(H,20,21);3H,1-2H3;1-2H3. The van der Waals surface area contributed by atoms with Gasteiger partial charge in [0.2, 0.25) is 5.91 Å². The van der Waals surface area contributed by atoms with Crippen molar-refractivity contribution in [2.45, 2.75) is 89.7 Å². The molecule has 1 aromatic rings. The first kappa shape index (κ1) is 25.4. The summed E-state index contributed by atoms with van der Waals surface area (Å²) in [5.74, 6) is 0.0897. The van der Waals surface area contributed by atoms with Crippen LogP contribution in [0.2, 0.25) is 0 Å². The average Bonchev–Trinajstić information content (AvgIpc) is 3.06. The monoisotopic (exact) mass is 481 g/mol. The van der Waals surface area contributed by atoms with E-state index in [1.54, 1.807) is 0 Å². The predicted octanol–water partition coefficient (Wildman–Crippen LogP) is 4.80. The number of rotatable bonds is 1. The Morgan fingerprint density at radius 3 is 2.03 bits per heavy atom. The van der Waals surface area contributed by atoms with E-state index in [0.717, 1.165) is 29.6 Å². The minimum atomic E-state index is -0.429. The summed E-state index contributed by atoms with van der Waals surface area (Å²) < 4.78 is 17.7. The summed E-state index contributed by atoms with van der Waals surface area (Å²) in [6.07, 6.45) is 1.48. The molecule has 30 heavy (non-hydrogen) atoms. The van der Waals surface area contributed by atoms with Gasteiger partial charge in [0.1, 0.15) is 0 Å². The maximum atomic E-state index is 12.6. The molecule has 0 unspecified atom stereocenters. The number of amides is 1. The molecule has 3 heterocycles. The van der Waals surface area contributed by atoms with E-state index < -0.39 is 12.5 Å². The van der Waals surface area contributed by atoms with Crippen molar-refractivity contribution >= 4 is 40.1 Å². The first-order chi connectivity index (χ1) is 14.0. The zero-order valence-corrected chi connectivity index (χ0v) is 21.3. The number of nitrogens with one attached hydrogen (secondary N) is 1. The lowest BCUT2D eigenvalue weighted by Crippen LogP contribution is -2.41. The van der Waals surface area contributed by atoms with Crippen molar-refractivity contribution in [1.29, 1.82) is 0 Å². The van der Waals surface area contributed by atoms with E-state index in [1.165, 1.54) is 0 Å². The van der Waals surface area contributed by atoms with Crippen molar-refractivity contribution in [3.63, 3.8) is 0 Å². The number of halogens is 1. The van der Waals surface area contributed by atoms with E-state index in [4.69, 9.17) is 14.0 Å². The quantitative estimate of drug-likeness (QED) is 0.462. The lowest BCUT2D eigenvalue weighted by atomic mass is 9.73. The second kappa shape index (κ2) is 9.72. The van der Waals surface area contributed by atoms with Crippen LogP contribution in [0.1, 0.15) is 73.8 Å². The van der Waals surface area contributed by atoms with E-state index in [1.807, 2.05) is 53.7 Å². The molecule has 3 aliphatic rings. The van der Waals surface area contributed by atoms with Crippen LogP contribution < -0.4 is 10.8 Å². The van der Waals surface area contributed by atoms with Gasteiger partial charge >= 0.3 is 7.12 Å². The van der Waals surface area contributed by atoms with Gasteiger partial charge in [-0.25, -0.2) is 0 Å². The number of ether oxygens (including phenoxy) is 1. The molecule has 5 nitrogen and oxygen atoms in total. The topological polar surface area (TPSA) is 56.8 Å². The molecule has 0 bridgehead atoms. The number of carbonyl (C=O) groups excluding carboxylic acids is 1. The third-order valence-electron chi connectivity index (χ3n) is 6.11. The Morgan fingerprint density at radius 1 is 1.03 bits per heavy atom. The van der Waals surface area contributed by atoms with E-state index in [9.17, 15) is 4.79 Å². The second-order valence-corrected chi connectivity index (χ2v) is 10.9. The zero-order chi connectivity index (χ0) is 22.7. The van der Waals surface area contributed by atoms with Gasteiger partial charge in [0.15, 0.2) is 0 Å². The summed E-state index contributed by atoms with van der Waals surface area (Å²) in [7, 11) is -0.413. The van der Waals surface area contributed by atoms with Gasteiger partial charge in [0, 0.05) is 23.7 Å². The van der Waals surface area contributed by atoms with Crippen LogP contribution in [0.15, 0.2) is 18.2 Å². The summed E-state index contributed by atoms with van der Waals surface area (Å²) in [4.78, 5) is 13.3. The maximum Gasteiger partial charge on any atom is 0.494 e. The van der Waals surface area contributed by atoms with Crippen LogP contribution in [0.3, 0.4) is 0 Å². The molecule has 0 radical (unpaired) electrons. The van der Waals surface area contributed by atoms with Crippen LogP contribution in [-0.4, -0.2) is 42.3 Å². The van der Waals surface area contributed by atoms with E-state index in [2.05, 4.69) is 41.2 Å². The number of benzene rings is 1. The van der Waals surface area contributed by atoms with Crippen LogP contribution in [0.4, 0.5) is 5.69 Å². The number of hydrogen-bond acceptors (Lipinski definition) is 4. The Balaban J connectivity index is 0.000000481. The molecule has 0 aromatic heterocycles. The largest absolute Gasteiger partial charge is 0.494 e. The van der Waals surface area contributed by atoms with E-state index >= 15 is 0 Å². The van der Waals surface area contributed by atoms with Gasteiger partial charge in [-0.1, -0.05) is 55.8 Å². The first-order valence-corrected chi connectivity index (χ1v) is 11.9. The van der Waals surface area contributed by atoms with Crippen molar-refractivity contribution in [3.8, 4) is 0 Å². The Labute approximate surface area is 190 Å². The number of carbonyl (C=O) groups is 1. The fourth-order valence-corrected chi connectivity index (χ4v) is 3.79. The van der Waals surface area contributed by atoms with Crippen molar-refractivity contribution in [1.82, 2.24) is 0 Å². The first-order valence-electron chi connectivity index (χ1n) is 11.0. The normalized spacial score (nSPS) is 22.6. The fraction of sp³-hybridized carbons (Fsp3) is 0.696. The molecule has 0 saturated carbocycles. The van der Waals surface area contributed by atoms with E-state index in [0.29, 0.717) is 18.0 Å². The number of hydrogen-bond donors (Lipinski definition) is 1. The molecular formula is C23H37BBrNO4. The third kappa shape index (κ3) is 4.95. The van der Waals surface area contributed by atoms with Crippen molar-refractivity contribution in [2.75, 3.05) is 18.5 Å². The van der Waals surface area contributed by atoms with Crippen LogP contribution in [0, 0.1) is 0 Å². The predicted molar refractivity (Wildman–Crippen MR) is 128 cm³/mol. The van der Waals surface area contributed by atoms with Crippen LogP contribution in [-0.2, 0) is 24.3 Å². The highest BCUT2D eigenvalue weighted by Crippen LogP contribution is 2.44.